The van der Waals surface area contributed by atoms with Crippen LogP contribution in [-0.2, 0) is 9.59 Å². The van der Waals surface area contributed by atoms with Gasteiger partial charge in [-0.2, -0.15) is 0 Å². The van der Waals surface area contributed by atoms with Crippen molar-refractivity contribution in [1.29, 1.82) is 0 Å². The molecule has 1 rings (SSSR count). The Balaban J connectivity index is 2.91. The second-order valence-electron chi connectivity index (χ2n) is 5.59. The highest BCUT2D eigenvalue weighted by atomic mass is 16.4. The summed E-state index contributed by atoms with van der Waals surface area (Å²) in [7, 11) is 0. The van der Waals surface area contributed by atoms with Gasteiger partial charge in [-0.3, -0.25) is 9.59 Å². The minimum atomic E-state index is -0.934. The molecular formula is C17H23NO3. The Hall–Kier alpha value is -2.10. The third-order valence-electron chi connectivity index (χ3n) is 3.45. The minimum Gasteiger partial charge on any atom is -0.481 e. The first-order valence-corrected chi connectivity index (χ1v) is 7.05. The minimum absolute atomic E-state index is 0.153. The van der Waals surface area contributed by atoms with Gasteiger partial charge in [0.25, 0.3) is 0 Å². The molecule has 3 unspecified atom stereocenters. The predicted molar refractivity (Wildman–Crippen MR) is 82.7 cm³/mol. The van der Waals surface area contributed by atoms with Gasteiger partial charge in [0.05, 0.1) is 12.0 Å². The predicted octanol–water partition coefficient (Wildman–Crippen LogP) is 3.17. The maximum atomic E-state index is 12.2. The first-order valence-electron chi connectivity index (χ1n) is 7.05. The van der Waals surface area contributed by atoms with Crippen molar-refractivity contribution in [3.8, 4) is 0 Å². The van der Waals surface area contributed by atoms with Gasteiger partial charge in [0.1, 0.15) is 0 Å². The largest absolute Gasteiger partial charge is 0.481 e. The Bertz CT molecular complexity index is 510. The molecule has 0 spiro atoms. The molecule has 0 aromatic heterocycles. The summed E-state index contributed by atoms with van der Waals surface area (Å²) in [6.45, 7) is 9.10. The third-order valence-corrected chi connectivity index (χ3v) is 3.45. The number of nitrogens with one attached hydrogen (secondary N) is 1. The third kappa shape index (κ3) is 5.06. The molecule has 0 radical (unpaired) electrons. The maximum absolute atomic E-state index is 12.2. The molecule has 0 saturated carbocycles. The summed E-state index contributed by atoms with van der Waals surface area (Å²) in [6.07, 6.45) is 0.592. The molecule has 0 saturated heterocycles. The first-order chi connectivity index (χ1) is 9.82. The van der Waals surface area contributed by atoms with Gasteiger partial charge in [0.15, 0.2) is 0 Å². The SMILES string of the molecule is C=C(C)CC(C)C(=O)NC(c1ccccc1)C(C)C(=O)O. The van der Waals surface area contributed by atoms with Crippen molar-refractivity contribution >= 4 is 11.9 Å². The fraction of sp³-hybridized carbons (Fsp3) is 0.412. The molecule has 4 nitrogen and oxygen atoms in total. The Morgan fingerprint density at radius 3 is 2.29 bits per heavy atom. The monoisotopic (exact) mass is 289 g/mol. The normalized spacial score (nSPS) is 14.8. The zero-order chi connectivity index (χ0) is 16.0. The van der Waals surface area contributed by atoms with Gasteiger partial charge >= 0.3 is 5.97 Å². The number of amides is 1. The van der Waals surface area contributed by atoms with Gasteiger partial charge < -0.3 is 10.4 Å². The number of allylic oxidation sites excluding steroid dienone is 1. The van der Waals surface area contributed by atoms with E-state index in [0.717, 1.165) is 11.1 Å². The molecule has 0 bridgehead atoms. The van der Waals surface area contributed by atoms with Crippen molar-refractivity contribution in [2.24, 2.45) is 11.8 Å². The molecular weight excluding hydrogens is 266 g/mol. The van der Waals surface area contributed by atoms with Crippen molar-refractivity contribution in [1.82, 2.24) is 5.32 Å². The van der Waals surface area contributed by atoms with Crippen LogP contribution in [0.25, 0.3) is 0 Å². The van der Waals surface area contributed by atoms with E-state index in [-0.39, 0.29) is 11.8 Å². The summed E-state index contributed by atoms with van der Waals surface area (Å²) in [4.78, 5) is 23.5. The Kier molecular flexibility index (Phi) is 6.15. The second kappa shape index (κ2) is 7.62. The van der Waals surface area contributed by atoms with Gasteiger partial charge in [-0.25, -0.2) is 0 Å². The summed E-state index contributed by atoms with van der Waals surface area (Å²) >= 11 is 0. The van der Waals surface area contributed by atoms with Crippen LogP contribution in [0.15, 0.2) is 42.5 Å². The summed E-state index contributed by atoms with van der Waals surface area (Å²) in [5.74, 6) is -2.01. The lowest BCUT2D eigenvalue weighted by atomic mass is 9.93. The molecule has 4 heteroatoms. The molecule has 0 heterocycles. The van der Waals surface area contributed by atoms with Gasteiger partial charge in [0.2, 0.25) is 5.91 Å². The van der Waals surface area contributed by atoms with Gasteiger partial charge in [0, 0.05) is 5.92 Å². The summed E-state index contributed by atoms with van der Waals surface area (Å²) in [6, 6.07) is 8.64. The molecule has 1 amide bonds. The smallest absolute Gasteiger partial charge is 0.308 e. The van der Waals surface area contributed by atoms with E-state index in [9.17, 15) is 14.7 Å². The molecule has 3 atom stereocenters. The van der Waals surface area contributed by atoms with Crippen LogP contribution >= 0.6 is 0 Å². The molecule has 0 fully saturated rings. The van der Waals surface area contributed by atoms with Gasteiger partial charge in [-0.15, -0.1) is 6.58 Å². The van der Waals surface area contributed by atoms with Crippen LogP contribution in [0.3, 0.4) is 0 Å². The first kappa shape index (κ1) is 17.0. The lowest BCUT2D eigenvalue weighted by Gasteiger charge is -2.24. The van der Waals surface area contributed by atoms with Crippen LogP contribution in [0.4, 0.5) is 0 Å². The molecule has 21 heavy (non-hydrogen) atoms. The van der Waals surface area contributed by atoms with Crippen LogP contribution in [0.2, 0.25) is 0 Å². The fourth-order valence-electron chi connectivity index (χ4n) is 2.21. The number of carboxylic acids is 1. The highest BCUT2D eigenvalue weighted by Gasteiger charge is 2.28. The van der Waals surface area contributed by atoms with Crippen LogP contribution in [0.5, 0.6) is 0 Å². The number of benzene rings is 1. The highest BCUT2D eigenvalue weighted by molar-refractivity contribution is 5.80. The summed E-state index contributed by atoms with van der Waals surface area (Å²) in [5, 5.41) is 12.1. The lowest BCUT2D eigenvalue weighted by Crippen LogP contribution is -2.38. The highest BCUT2D eigenvalue weighted by Crippen LogP contribution is 2.23. The van der Waals surface area contributed by atoms with Crippen molar-refractivity contribution in [2.75, 3.05) is 0 Å². The van der Waals surface area contributed by atoms with Gasteiger partial charge in [-0.05, 0) is 25.8 Å². The molecule has 2 N–H and O–H groups in total. The van der Waals surface area contributed by atoms with E-state index >= 15 is 0 Å². The number of carbonyl (C=O) groups excluding carboxylic acids is 1. The van der Waals surface area contributed by atoms with Crippen LogP contribution < -0.4 is 5.32 Å². The standard InChI is InChI=1S/C17H23NO3/c1-11(2)10-12(3)16(19)18-15(13(4)17(20)21)14-8-6-5-7-9-14/h5-9,12-13,15H,1,10H2,2-4H3,(H,18,19)(H,20,21). The van der Waals surface area contributed by atoms with E-state index in [0.29, 0.717) is 6.42 Å². The van der Waals surface area contributed by atoms with E-state index in [4.69, 9.17) is 0 Å². The average Bonchev–Trinajstić information content (AvgIpc) is 2.43. The topological polar surface area (TPSA) is 66.4 Å². The molecule has 0 aliphatic rings. The van der Waals surface area contributed by atoms with Gasteiger partial charge in [-0.1, -0.05) is 42.8 Å². The zero-order valence-corrected chi connectivity index (χ0v) is 12.8. The van der Waals surface area contributed by atoms with E-state index in [1.54, 1.807) is 6.92 Å². The Morgan fingerprint density at radius 2 is 1.81 bits per heavy atom. The molecule has 114 valence electrons. The molecule has 1 aromatic rings. The molecule has 0 aliphatic carbocycles. The van der Waals surface area contributed by atoms with Crippen molar-refractivity contribution in [2.45, 2.75) is 33.2 Å². The number of carboxylic acid groups (broad SMARTS) is 1. The molecule has 1 aromatic carbocycles. The van der Waals surface area contributed by atoms with Crippen molar-refractivity contribution < 1.29 is 14.7 Å². The quantitative estimate of drug-likeness (QED) is 0.758. The Labute approximate surface area is 125 Å². The van der Waals surface area contributed by atoms with Crippen molar-refractivity contribution in [3.05, 3.63) is 48.0 Å². The maximum Gasteiger partial charge on any atom is 0.308 e. The Morgan fingerprint density at radius 1 is 1.24 bits per heavy atom. The van der Waals surface area contributed by atoms with Crippen LogP contribution in [0.1, 0.15) is 38.8 Å². The van der Waals surface area contributed by atoms with E-state index < -0.39 is 17.9 Å². The molecule has 0 aliphatic heterocycles. The van der Waals surface area contributed by atoms with E-state index in [2.05, 4.69) is 11.9 Å². The number of rotatable bonds is 7. The van der Waals surface area contributed by atoms with E-state index in [1.165, 1.54) is 0 Å². The van der Waals surface area contributed by atoms with Crippen LogP contribution in [-0.4, -0.2) is 17.0 Å². The number of aliphatic carboxylic acids is 1. The number of hydrogen-bond donors (Lipinski definition) is 2. The zero-order valence-electron chi connectivity index (χ0n) is 12.8. The fourth-order valence-corrected chi connectivity index (χ4v) is 2.21. The summed E-state index contributed by atoms with van der Waals surface area (Å²) < 4.78 is 0. The number of hydrogen-bond acceptors (Lipinski definition) is 2. The van der Waals surface area contributed by atoms with Crippen LogP contribution in [0, 0.1) is 11.8 Å². The number of carbonyl (C=O) groups is 2. The lowest BCUT2D eigenvalue weighted by molar-refractivity contribution is -0.142. The summed E-state index contributed by atoms with van der Waals surface area (Å²) in [5.41, 5.74) is 1.73. The van der Waals surface area contributed by atoms with Crippen molar-refractivity contribution in [3.63, 3.8) is 0 Å². The van der Waals surface area contributed by atoms with E-state index in [1.807, 2.05) is 44.2 Å². The average molecular weight is 289 g/mol. The second-order valence-corrected chi connectivity index (χ2v) is 5.59.